The topological polar surface area (TPSA) is 75.6 Å². The number of rotatable bonds is 6. The van der Waals surface area contributed by atoms with E-state index < -0.39 is 12.0 Å². The van der Waals surface area contributed by atoms with E-state index in [2.05, 4.69) is 5.32 Å². The normalized spacial score (nSPS) is 17.8. The van der Waals surface area contributed by atoms with Gasteiger partial charge in [-0.05, 0) is 36.5 Å². The molecule has 1 aromatic carbocycles. The molecule has 0 spiro atoms. The summed E-state index contributed by atoms with van der Waals surface area (Å²) in [7, 11) is 1.31. The summed E-state index contributed by atoms with van der Waals surface area (Å²) in [5, 5.41) is 12.4. The van der Waals surface area contributed by atoms with Gasteiger partial charge in [0.15, 0.2) is 0 Å². The molecule has 2 rings (SSSR count). The summed E-state index contributed by atoms with van der Waals surface area (Å²) >= 11 is 0. The Kier molecular flexibility index (Phi) is 6.64. The van der Waals surface area contributed by atoms with E-state index in [0.717, 1.165) is 18.4 Å². The first-order valence-corrected chi connectivity index (χ1v) is 8.67. The van der Waals surface area contributed by atoms with E-state index >= 15 is 0 Å². The number of hydrogen-bond acceptors (Lipinski definition) is 4. The summed E-state index contributed by atoms with van der Waals surface area (Å²) in [6, 6.07) is 5.94. The van der Waals surface area contributed by atoms with E-state index in [-0.39, 0.29) is 17.6 Å². The van der Waals surface area contributed by atoms with Crippen LogP contribution in [-0.4, -0.2) is 30.1 Å². The molecule has 2 unspecified atom stereocenters. The van der Waals surface area contributed by atoms with Gasteiger partial charge < -0.3 is 15.2 Å². The minimum atomic E-state index is -0.740. The number of esters is 1. The van der Waals surface area contributed by atoms with Crippen molar-refractivity contribution in [1.29, 1.82) is 0 Å². The molecular formula is C19H27NO4. The third-order valence-electron chi connectivity index (χ3n) is 4.92. The highest BCUT2D eigenvalue weighted by atomic mass is 16.5. The Balaban J connectivity index is 2.02. The number of phenols is 1. The molecule has 0 saturated heterocycles. The third-order valence-corrected chi connectivity index (χ3v) is 4.92. The largest absolute Gasteiger partial charge is 0.508 e. The standard InChI is InChI=1S/C19H27NO4/c1-13(15-8-4-3-5-9-15)18(22)20-17(19(23)24-2)12-14-7-6-10-16(21)11-14/h6-7,10-11,13,15,17,21H,3-5,8-9,12H2,1-2H3,(H,20,22). The van der Waals surface area contributed by atoms with Crippen molar-refractivity contribution in [2.24, 2.45) is 11.8 Å². The Morgan fingerprint density at radius 2 is 2.00 bits per heavy atom. The van der Waals surface area contributed by atoms with Crippen LogP contribution in [0.25, 0.3) is 0 Å². The molecule has 2 atom stereocenters. The van der Waals surface area contributed by atoms with E-state index in [1.54, 1.807) is 18.2 Å². The highest BCUT2D eigenvalue weighted by Crippen LogP contribution is 2.30. The molecule has 2 N–H and O–H groups in total. The lowest BCUT2D eigenvalue weighted by atomic mass is 9.80. The lowest BCUT2D eigenvalue weighted by Crippen LogP contribution is -2.46. The lowest BCUT2D eigenvalue weighted by Gasteiger charge is -2.28. The Labute approximate surface area is 143 Å². The van der Waals surface area contributed by atoms with Crippen molar-refractivity contribution in [2.75, 3.05) is 7.11 Å². The van der Waals surface area contributed by atoms with Gasteiger partial charge in [0.1, 0.15) is 11.8 Å². The molecule has 0 aliphatic heterocycles. The quantitative estimate of drug-likeness (QED) is 0.785. The molecule has 0 aromatic heterocycles. The second-order valence-electron chi connectivity index (χ2n) is 6.65. The Morgan fingerprint density at radius 3 is 2.62 bits per heavy atom. The van der Waals surface area contributed by atoms with Crippen molar-refractivity contribution < 1.29 is 19.4 Å². The fourth-order valence-electron chi connectivity index (χ4n) is 3.41. The van der Waals surface area contributed by atoms with Crippen molar-refractivity contribution in [3.63, 3.8) is 0 Å². The monoisotopic (exact) mass is 333 g/mol. The number of phenolic OH excluding ortho intramolecular Hbond substituents is 1. The molecule has 24 heavy (non-hydrogen) atoms. The number of nitrogens with one attached hydrogen (secondary N) is 1. The molecule has 1 fully saturated rings. The van der Waals surface area contributed by atoms with Crippen LogP contribution in [0.3, 0.4) is 0 Å². The SMILES string of the molecule is COC(=O)C(Cc1cccc(O)c1)NC(=O)C(C)C1CCCCC1. The van der Waals surface area contributed by atoms with Crippen molar-refractivity contribution in [2.45, 2.75) is 51.5 Å². The summed E-state index contributed by atoms with van der Waals surface area (Å²) in [6.45, 7) is 1.94. The highest BCUT2D eigenvalue weighted by molar-refractivity contribution is 5.85. The van der Waals surface area contributed by atoms with Crippen LogP contribution in [0, 0.1) is 11.8 Å². The van der Waals surface area contributed by atoms with Crippen LogP contribution in [0.4, 0.5) is 0 Å². The molecule has 0 radical (unpaired) electrons. The predicted molar refractivity (Wildman–Crippen MR) is 91.5 cm³/mol. The zero-order valence-electron chi connectivity index (χ0n) is 14.5. The van der Waals surface area contributed by atoms with Crippen molar-refractivity contribution in [3.05, 3.63) is 29.8 Å². The minimum absolute atomic E-state index is 0.0996. The van der Waals surface area contributed by atoms with Gasteiger partial charge in [0.2, 0.25) is 5.91 Å². The van der Waals surface area contributed by atoms with Crippen LogP contribution in [-0.2, 0) is 20.7 Å². The number of benzene rings is 1. The van der Waals surface area contributed by atoms with Gasteiger partial charge in [-0.3, -0.25) is 4.79 Å². The second-order valence-corrected chi connectivity index (χ2v) is 6.65. The average molecular weight is 333 g/mol. The molecule has 0 bridgehead atoms. The van der Waals surface area contributed by atoms with E-state index in [4.69, 9.17) is 4.74 Å². The highest BCUT2D eigenvalue weighted by Gasteiger charge is 2.29. The average Bonchev–Trinajstić information content (AvgIpc) is 2.60. The zero-order valence-corrected chi connectivity index (χ0v) is 14.5. The Bertz CT molecular complexity index is 566. The molecule has 1 aliphatic rings. The minimum Gasteiger partial charge on any atom is -0.508 e. The van der Waals surface area contributed by atoms with Gasteiger partial charge in [-0.2, -0.15) is 0 Å². The predicted octanol–water partition coefficient (Wildman–Crippen LogP) is 2.81. The van der Waals surface area contributed by atoms with Crippen LogP contribution < -0.4 is 5.32 Å². The molecule has 1 aromatic rings. The van der Waals surface area contributed by atoms with E-state index in [1.807, 2.05) is 13.0 Å². The van der Waals surface area contributed by atoms with E-state index in [1.165, 1.54) is 26.4 Å². The van der Waals surface area contributed by atoms with Gasteiger partial charge in [-0.25, -0.2) is 4.79 Å². The lowest BCUT2D eigenvalue weighted by molar-refractivity contribution is -0.145. The van der Waals surface area contributed by atoms with Crippen LogP contribution in [0.1, 0.15) is 44.6 Å². The number of aromatic hydroxyl groups is 1. The van der Waals surface area contributed by atoms with Gasteiger partial charge in [0.05, 0.1) is 7.11 Å². The summed E-state index contributed by atoms with van der Waals surface area (Å²) in [4.78, 5) is 24.6. The first kappa shape index (κ1) is 18.3. The van der Waals surface area contributed by atoms with E-state index in [9.17, 15) is 14.7 Å². The van der Waals surface area contributed by atoms with Crippen LogP contribution in [0.15, 0.2) is 24.3 Å². The van der Waals surface area contributed by atoms with Crippen molar-refractivity contribution in [1.82, 2.24) is 5.32 Å². The van der Waals surface area contributed by atoms with E-state index in [0.29, 0.717) is 12.3 Å². The molecule has 1 saturated carbocycles. The maximum atomic E-state index is 12.6. The molecule has 5 nitrogen and oxygen atoms in total. The van der Waals surface area contributed by atoms with Crippen molar-refractivity contribution in [3.8, 4) is 5.75 Å². The van der Waals surface area contributed by atoms with Crippen molar-refractivity contribution >= 4 is 11.9 Å². The molecule has 1 aliphatic carbocycles. The number of methoxy groups -OCH3 is 1. The maximum absolute atomic E-state index is 12.6. The number of ether oxygens (including phenoxy) is 1. The van der Waals surface area contributed by atoms with Crippen LogP contribution in [0.2, 0.25) is 0 Å². The smallest absolute Gasteiger partial charge is 0.328 e. The molecular weight excluding hydrogens is 306 g/mol. The number of carbonyl (C=O) groups is 2. The van der Waals surface area contributed by atoms with Crippen LogP contribution in [0.5, 0.6) is 5.75 Å². The zero-order chi connectivity index (χ0) is 17.5. The van der Waals surface area contributed by atoms with Crippen LogP contribution >= 0.6 is 0 Å². The van der Waals surface area contributed by atoms with Gasteiger partial charge >= 0.3 is 5.97 Å². The number of carbonyl (C=O) groups excluding carboxylic acids is 2. The molecule has 1 amide bonds. The summed E-state index contributed by atoms with van der Waals surface area (Å²) in [6.07, 6.45) is 6.03. The molecule has 132 valence electrons. The first-order chi connectivity index (χ1) is 11.5. The molecule has 0 heterocycles. The maximum Gasteiger partial charge on any atom is 0.328 e. The summed E-state index contributed by atoms with van der Waals surface area (Å²) in [5.41, 5.74) is 0.774. The Hall–Kier alpha value is -2.04. The van der Waals surface area contributed by atoms with Gasteiger partial charge in [-0.15, -0.1) is 0 Å². The van der Waals surface area contributed by atoms with Gasteiger partial charge in [0, 0.05) is 12.3 Å². The Morgan fingerprint density at radius 1 is 1.29 bits per heavy atom. The fraction of sp³-hybridized carbons (Fsp3) is 0.579. The molecule has 5 heteroatoms. The first-order valence-electron chi connectivity index (χ1n) is 8.67. The van der Waals surface area contributed by atoms with Gasteiger partial charge in [-0.1, -0.05) is 38.3 Å². The van der Waals surface area contributed by atoms with Gasteiger partial charge in [0.25, 0.3) is 0 Å². The second kappa shape index (κ2) is 8.71. The number of amides is 1. The summed E-state index contributed by atoms with van der Waals surface area (Å²) in [5.74, 6) is -0.155. The third kappa shape index (κ3) is 4.98. The fourth-order valence-corrected chi connectivity index (χ4v) is 3.41. The summed E-state index contributed by atoms with van der Waals surface area (Å²) < 4.78 is 4.82. The number of hydrogen-bond donors (Lipinski definition) is 2.